The van der Waals surface area contributed by atoms with Crippen LogP contribution in [0.4, 0.5) is 5.69 Å². The Labute approximate surface area is 180 Å². The highest BCUT2D eigenvalue weighted by Crippen LogP contribution is 2.15. The molecule has 0 aliphatic heterocycles. The van der Waals surface area contributed by atoms with Crippen LogP contribution < -0.4 is 10.1 Å². The molecule has 2 rings (SSSR count). The number of unbranched alkanes of at least 4 members (excludes halogenated alkanes) is 6. The minimum Gasteiger partial charge on any atom is -0.497 e. The van der Waals surface area contributed by atoms with E-state index >= 15 is 0 Å². The molecule has 0 aliphatic carbocycles. The normalized spacial score (nSPS) is 10.9. The largest absolute Gasteiger partial charge is 0.497 e. The molecular weight excluding hydrogens is 374 g/mol. The predicted molar refractivity (Wildman–Crippen MR) is 124 cm³/mol. The summed E-state index contributed by atoms with van der Waals surface area (Å²) >= 11 is 0. The maximum atomic E-state index is 12.3. The van der Waals surface area contributed by atoms with Crippen LogP contribution in [0.5, 0.6) is 5.75 Å². The highest BCUT2D eigenvalue weighted by Gasteiger charge is 2.05. The molecule has 0 bridgehead atoms. The molecule has 0 fully saturated rings. The van der Waals surface area contributed by atoms with E-state index in [1.54, 1.807) is 43.5 Å². The van der Waals surface area contributed by atoms with Crippen LogP contribution in [0.3, 0.4) is 0 Å². The van der Waals surface area contributed by atoms with E-state index < -0.39 is 0 Å². The molecule has 4 nitrogen and oxygen atoms in total. The summed E-state index contributed by atoms with van der Waals surface area (Å²) in [6, 6.07) is 14.5. The topological polar surface area (TPSA) is 55.4 Å². The minimum absolute atomic E-state index is 0.0297. The smallest absolute Gasteiger partial charge is 0.224 e. The van der Waals surface area contributed by atoms with Gasteiger partial charge in [0.15, 0.2) is 5.78 Å². The van der Waals surface area contributed by atoms with Crippen molar-refractivity contribution in [3.8, 4) is 5.75 Å². The lowest BCUT2D eigenvalue weighted by molar-refractivity contribution is -0.116. The fraction of sp³-hybridized carbons (Fsp3) is 0.385. The number of methoxy groups -OCH3 is 1. The summed E-state index contributed by atoms with van der Waals surface area (Å²) < 4.78 is 5.13. The summed E-state index contributed by atoms with van der Waals surface area (Å²) in [6.45, 7) is 2.21. The van der Waals surface area contributed by atoms with E-state index in [2.05, 4.69) is 12.2 Å². The molecule has 0 radical (unpaired) electrons. The van der Waals surface area contributed by atoms with Crippen molar-refractivity contribution in [3.05, 3.63) is 65.7 Å². The molecule has 1 N–H and O–H groups in total. The van der Waals surface area contributed by atoms with Crippen molar-refractivity contribution in [2.24, 2.45) is 0 Å². The van der Waals surface area contributed by atoms with Gasteiger partial charge in [0.05, 0.1) is 7.11 Å². The van der Waals surface area contributed by atoms with Gasteiger partial charge in [0.25, 0.3) is 0 Å². The van der Waals surface area contributed by atoms with Crippen molar-refractivity contribution in [1.29, 1.82) is 0 Å². The first-order valence-corrected chi connectivity index (χ1v) is 10.9. The zero-order chi connectivity index (χ0) is 21.6. The van der Waals surface area contributed by atoms with Gasteiger partial charge in [-0.2, -0.15) is 0 Å². The number of amides is 1. The number of allylic oxidation sites excluding steroid dienone is 1. The second-order valence-electron chi connectivity index (χ2n) is 7.47. The number of ketones is 1. The molecule has 0 saturated carbocycles. The van der Waals surface area contributed by atoms with E-state index in [9.17, 15) is 9.59 Å². The van der Waals surface area contributed by atoms with Crippen molar-refractivity contribution in [1.82, 2.24) is 0 Å². The number of anilines is 1. The van der Waals surface area contributed by atoms with Crippen molar-refractivity contribution in [2.75, 3.05) is 12.4 Å². The Bertz CT molecular complexity index is 807. The van der Waals surface area contributed by atoms with E-state index in [-0.39, 0.29) is 11.7 Å². The van der Waals surface area contributed by atoms with E-state index in [4.69, 9.17) is 4.74 Å². The fourth-order valence-corrected chi connectivity index (χ4v) is 3.17. The maximum Gasteiger partial charge on any atom is 0.224 e. The molecular formula is C26H33NO3. The van der Waals surface area contributed by atoms with Crippen LogP contribution in [-0.2, 0) is 4.79 Å². The van der Waals surface area contributed by atoms with Gasteiger partial charge in [-0.25, -0.2) is 0 Å². The Balaban J connectivity index is 1.74. The lowest BCUT2D eigenvalue weighted by atomic mass is 10.1. The third kappa shape index (κ3) is 8.64. The van der Waals surface area contributed by atoms with Gasteiger partial charge in [0.1, 0.15) is 5.75 Å². The number of benzene rings is 2. The number of rotatable bonds is 13. The number of carbonyl (C=O) groups is 2. The Kier molecular flexibility index (Phi) is 10.4. The summed E-state index contributed by atoms with van der Waals surface area (Å²) in [4.78, 5) is 24.4. The third-order valence-electron chi connectivity index (χ3n) is 5.00. The van der Waals surface area contributed by atoms with Crippen molar-refractivity contribution in [2.45, 2.75) is 58.3 Å². The summed E-state index contributed by atoms with van der Waals surface area (Å²) in [5.41, 5.74) is 2.24. The summed E-state index contributed by atoms with van der Waals surface area (Å²) in [7, 11) is 1.62. The number of hydrogen-bond donors (Lipinski definition) is 1. The zero-order valence-corrected chi connectivity index (χ0v) is 18.2. The van der Waals surface area contributed by atoms with Crippen molar-refractivity contribution in [3.63, 3.8) is 0 Å². The number of hydrogen-bond acceptors (Lipinski definition) is 3. The standard InChI is InChI=1S/C26H33NO3/c1-3-4-5-6-7-8-9-10-26(29)27-23-16-14-22(15-17-23)25(28)20-13-21-11-18-24(30-2)19-12-21/h11-20H,3-10H2,1-2H3,(H,27,29)/b20-13+. The van der Waals surface area contributed by atoms with Crippen LogP contribution in [0.15, 0.2) is 54.6 Å². The lowest BCUT2D eigenvalue weighted by Crippen LogP contribution is -2.11. The Morgan fingerprint density at radius 3 is 2.13 bits per heavy atom. The van der Waals surface area contributed by atoms with Gasteiger partial charge in [-0.15, -0.1) is 0 Å². The zero-order valence-electron chi connectivity index (χ0n) is 18.2. The van der Waals surface area contributed by atoms with E-state index in [0.29, 0.717) is 12.0 Å². The maximum absolute atomic E-state index is 12.3. The molecule has 160 valence electrons. The van der Waals surface area contributed by atoms with Crippen LogP contribution in [0.2, 0.25) is 0 Å². The average Bonchev–Trinajstić information content (AvgIpc) is 2.77. The molecule has 1 amide bonds. The second kappa shape index (κ2) is 13.4. The van der Waals surface area contributed by atoms with Gasteiger partial charge in [-0.1, -0.05) is 63.7 Å². The van der Waals surface area contributed by atoms with E-state index in [1.165, 1.54) is 32.1 Å². The Hall–Kier alpha value is -2.88. The van der Waals surface area contributed by atoms with E-state index in [0.717, 1.165) is 29.8 Å². The lowest BCUT2D eigenvalue weighted by Gasteiger charge is -2.06. The first kappa shape index (κ1) is 23.4. The fourth-order valence-electron chi connectivity index (χ4n) is 3.17. The van der Waals surface area contributed by atoms with Gasteiger partial charge in [0, 0.05) is 17.7 Å². The van der Waals surface area contributed by atoms with Crippen LogP contribution >= 0.6 is 0 Å². The molecule has 30 heavy (non-hydrogen) atoms. The van der Waals surface area contributed by atoms with Crippen LogP contribution in [-0.4, -0.2) is 18.8 Å². The molecule has 0 atom stereocenters. The SMILES string of the molecule is CCCCCCCCCC(=O)Nc1ccc(C(=O)/C=C/c2ccc(OC)cc2)cc1. The Morgan fingerprint density at radius 1 is 0.867 bits per heavy atom. The summed E-state index contributed by atoms with van der Waals surface area (Å²) in [5.74, 6) is 0.733. The highest BCUT2D eigenvalue weighted by atomic mass is 16.5. The van der Waals surface area contributed by atoms with Crippen molar-refractivity contribution >= 4 is 23.5 Å². The monoisotopic (exact) mass is 407 g/mol. The molecule has 2 aromatic carbocycles. The minimum atomic E-state index is -0.0771. The van der Waals surface area contributed by atoms with E-state index in [1.807, 2.05) is 24.3 Å². The first-order chi connectivity index (χ1) is 14.6. The van der Waals surface area contributed by atoms with Gasteiger partial charge >= 0.3 is 0 Å². The predicted octanol–water partition coefficient (Wildman–Crippen LogP) is 6.67. The van der Waals surface area contributed by atoms with Gasteiger partial charge in [-0.3, -0.25) is 9.59 Å². The second-order valence-corrected chi connectivity index (χ2v) is 7.47. The van der Waals surface area contributed by atoms with Gasteiger partial charge in [-0.05, 0) is 54.5 Å². The molecule has 4 heteroatoms. The first-order valence-electron chi connectivity index (χ1n) is 10.9. The molecule has 0 unspecified atom stereocenters. The number of nitrogens with one attached hydrogen (secondary N) is 1. The van der Waals surface area contributed by atoms with Crippen LogP contribution in [0.1, 0.15) is 74.2 Å². The number of carbonyl (C=O) groups excluding carboxylic acids is 2. The highest BCUT2D eigenvalue weighted by molar-refractivity contribution is 6.07. The van der Waals surface area contributed by atoms with Gasteiger partial charge < -0.3 is 10.1 Å². The molecule has 0 heterocycles. The van der Waals surface area contributed by atoms with Crippen LogP contribution in [0, 0.1) is 0 Å². The molecule has 0 aliphatic rings. The molecule has 0 saturated heterocycles. The number of ether oxygens (including phenoxy) is 1. The van der Waals surface area contributed by atoms with Crippen LogP contribution in [0.25, 0.3) is 6.08 Å². The van der Waals surface area contributed by atoms with Crippen molar-refractivity contribution < 1.29 is 14.3 Å². The molecule has 0 aromatic heterocycles. The summed E-state index contributed by atoms with van der Waals surface area (Å²) in [6.07, 6.45) is 12.2. The Morgan fingerprint density at radius 2 is 1.50 bits per heavy atom. The summed E-state index contributed by atoms with van der Waals surface area (Å²) in [5, 5.41) is 2.91. The average molecular weight is 408 g/mol. The molecule has 0 spiro atoms. The third-order valence-corrected chi connectivity index (χ3v) is 5.00. The molecule has 2 aromatic rings. The quantitative estimate of drug-likeness (QED) is 0.229. The van der Waals surface area contributed by atoms with Gasteiger partial charge in [0.2, 0.25) is 5.91 Å².